The van der Waals surface area contributed by atoms with Crippen molar-refractivity contribution in [3.63, 3.8) is 0 Å². The van der Waals surface area contributed by atoms with Crippen molar-refractivity contribution in [3.8, 4) is 0 Å². The predicted octanol–water partition coefficient (Wildman–Crippen LogP) is 5.60. The minimum atomic E-state index is -2.51. The van der Waals surface area contributed by atoms with Gasteiger partial charge < -0.3 is 38.5 Å². The molecule has 1 amide bonds. The van der Waals surface area contributed by atoms with Crippen LogP contribution in [0.4, 0.5) is 4.79 Å². The molecule has 1 aliphatic heterocycles. The fourth-order valence-electron chi connectivity index (χ4n) is 9.85. The lowest BCUT2D eigenvalue weighted by atomic mass is 9.44. The van der Waals surface area contributed by atoms with Gasteiger partial charge >= 0.3 is 18.0 Å². The predicted molar refractivity (Wildman–Crippen MR) is 198 cm³/mol. The second-order valence-corrected chi connectivity index (χ2v) is 20.8. The maximum Gasteiger partial charge on any atom is 0.410 e. The lowest BCUT2D eigenvalue weighted by molar-refractivity contribution is -0.344. The summed E-state index contributed by atoms with van der Waals surface area (Å²) in [5.74, 6) is -3.22. The van der Waals surface area contributed by atoms with Crippen LogP contribution in [-0.2, 0) is 33.0 Å². The lowest BCUT2D eigenvalue weighted by Gasteiger charge is -2.68. The van der Waals surface area contributed by atoms with Crippen molar-refractivity contribution in [1.82, 2.24) is 4.90 Å². The zero-order valence-corrected chi connectivity index (χ0v) is 34.0. The van der Waals surface area contributed by atoms with Gasteiger partial charge in [-0.25, -0.2) is 9.59 Å². The molecule has 294 valence electrons. The lowest BCUT2D eigenvalue weighted by Crippen LogP contribution is -2.82. The van der Waals surface area contributed by atoms with Crippen LogP contribution < -0.4 is 0 Å². The number of rotatable bonds is 11. The van der Waals surface area contributed by atoms with Crippen LogP contribution >= 0.6 is 0 Å². The second kappa shape index (κ2) is 14.9. The van der Waals surface area contributed by atoms with E-state index in [2.05, 4.69) is 20.8 Å². The van der Waals surface area contributed by atoms with Crippen LogP contribution in [-0.4, -0.2) is 109 Å². The molecule has 13 heteroatoms. The summed E-state index contributed by atoms with van der Waals surface area (Å²) in [5.41, 5.74) is -5.95. The molecule has 9 atom stereocenters. The Morgan fingerprint density at radius 2 is 1.58 bits per heavy atom. The van der Waals surface area contributed by atoms with Crippen molar-refractivity contribution >= 4 is 32.1 Å². The first kappa shape index (κ1) is 41.1. The summed E-state index contributed by atoms with van der Waals surface area (Å²) in [6.07, 6.45) is -6.92. The van der Waals surface area contributed by atoms with Gasteiger partial charge in [-0.1, -0.05) is 52.8 Å². The Balaban J connectivity index is 1.88. The van der Waals surface area contributed by atoms with Gasteiger partial charge in [0.25, 0.3) is 0 Å². The summed E-state index contributed by atoms with van der Waals surface area (Å²) >= 11 is 0. The molecule has 12 nitrogen and oxygen atoms in total. The Kier molecular flexibility index (Phi) is 11.5. The second-order valence-electron chi connectivity index (χ2n) is 16.1. The van der Waals surface area contributed by atoms with Crippen molar-refractivity contribution < 1.29 is 52.8 Å². The molecule has 1 aromatic carbocycles. The molecule has 1 saturated heterocycles. The van der Waals surface area contributed by atoms with Crippen molar-refractivity contribution in [2.75, 3.05) is 19.7 Å². The molecule has 0 radical (unpaired) electrons. The average molecular weight is 758 g/mol. The van der Waals surface area contributed by atoms with Crippen LogP contribution in [0.2, 0.25) is 18.1 Å². The smallest absolute Gasteiger partial charge is 0.410 e. The number of carbonyl (C=O) groups is 4. The highest BCUT2D eigenvalue weighted by Crippen LogP contribution is 2.65. The van der Waals surface area contributed by atoms with Crippen molar-refractivity contribution in [3.05, 3.63) is 47.0 Å². The first-order valence-corrected chi connectivity index (χ1v) is 21.8. The number of nitrogens with zero attached hydrogens (tertiary/aromatic N) is 1. The summed E-state index contributed by atoms with van der Waals surface area (Å²) in [4.78, 5) is 58.7. The quantitative estimate of drug-likeness (QED) is 0.125. The van der Waals surface area contributed by atoms with Gasteiger partial charge in [-0.15, -0.1) is 0 Å². The number of benzene rings is 1. The minimum absolute atomic E-state index is 0.139. The van der Waals surface area contributed by atoms with Gasteiger partial charge in [0.2, 0.25) is 0 Å². The monoisotopic (exact) mass is 757 g/mol. The molecule has 1 aromatic rings. The third-order valence-electron chi connectivity index (χ3n) is 13.5. The number of aliphatic hydroxyl groups is 2. The van der Waals surface area contributed by atoms with Crippen LogP contribution in [0.3, 0.4) is 0 Å². The number of Topliss-reactive ketones (excluding diaryl/α,β-unsaturated/α-hetero) is 1. The number of hydrogen-bond acceptors (Lipinski definition) is 11. The van der Waals surface area contributed by atoms with E-state index in [4.69, 9.17) is 23.4 Å². The fraction of sp³-hybridized carbons (Fsp3) is 0.700. The molecule has 0 aromatic heterocycles. The SMILES string of the molecule is CCN(CC)C(=O)O[C@H]1C(=O)[C@]2(C)[C@@H](O[Si](CC)(CC)CC)C[C@H]3OC[C@@]3(OC(C)=O)[C@H]2[C@H](OC(=O)c2ccccc2)[C@]2(O)C[C@H](O)C(C)=C1C2(C)C. The maximum atomic E-state index is 16.0. The van der Waals surface area contributed by atoms with Gasteiger partial charge in [-0.2, -0.15) is 0 Å². The van der Waals surface area contributed by atoms with E-state index < -0.39 is 90.6 Å². The van der Waals surface area contributed by atoms with Crippen LogP contribution in [0.15, 0.2) is 41.5 Å². The van der Waals surface area contributed by atoms with Crippen molar-refractivity contribution in [1.29, 1.82) is 0 Å². The maximum absolute atomic E-state index is 16.0. The van der Waals surface area contributed by atoms with Gasteiger partial charge in [0, 0.05) is 38.3 Å². The number of fused-ring (bicyclic) bond motifs is 5. The van der Waals surface area contributed by atoms with E-state index in [-0.39, 0.29) is 30.6 Å². The van der Waals surface area contributed by atoms with E-state index in [0.717, 1.165) is 18.1 Å². The standard InChI is InChI=1S/C40H59NO11Si/c1-11-41(12-2)36(46)49-31-30-24(6)27(43)22-40(47,37(30,8)9)34(50-35(45)26-19-17-16-18-20-26)32-38(10,33(31)44)28(52-53(13-3,14-4)15-5)21-29-39(32,23-48-29)51-25(7)42/h16-20,27-29,31-32,34,43,47H,11-15,21-23H2,1-10H3/t27-,28-,29+,31+,32-,34-,38+,39-,40+/m0/s1. The zero-order valence-electron chi connectivity index (χ0n) is 33.0. The van der Waals surface area contributed by atoms with Crippen LogP contribution in [0, 0.1) is 16.7 Å². The molecule has 2 saturated carbocycles. The Bertz CT molecular complexity index is 1600. The highest BCUT2D eigenvalue weighted by molar-refractivity contribution is 6.73. The molecule has 1 heterocycles. The third-order valence-corrected chi connectivity index (χ3v) is 18.1. The molecule has 2 N–H and O–H groups in total. The third kappa shape index (κ3) is 6.37. The summed E-state index contributed by atoms with van der Waals surface area (Å²) in [6, 6.07) is 10.6. The van der Waals surface area contributed by atoms with Crippen molar-refractivity contribution in [2.24, 2.45) is 16.7 Å². The highest BCUT2D eigenvalue weighted by atomic mass is 28.4. The number of esters is 2. The van der Waals surface area contributed by atoms with E-state index >= 15 is 4.79 Å². The van der Waals surface area contributed by atoms with E-state index in [1.54, 1.807) is 71.9 Å². The molecule has 2 bridgehead atoms. The van der Waals surface area contributed by atoms with Gasteiger partial charge in [0.15, 0.2) is 25.8 Å². The molecule has 0 spiro atoms. The zero-order chi connectivity index (χ0) is 39.3. The molecule has 4 aliphatic rings. The highest BCUT2D eigenvalue weighted by Gasteiger charge is 2.78. The summed E-state index contributed by atoms with van der Waals surface area (Å²) in [7, 11) is -2.51. The van der Waals surface area contributed by atoms with Crippen molar-refractivity contribution in [2.45, 2.75) is 142 Å². The Labute approximate surface area is 314 Å². The first-order chi connectivity index (χ1) is 24.9. The first-order valence-electron chi connectivity index (χ1n) is 19.2. The van der Waals surface area contributed by atoms with Gasteiger partial charge in [0.05, 0.1) is 35.7 Å². The summed E-state index contributed by atoms with van der Waals surface area (Å²) < 4.78 is 32.5. The minimum Gasteiger partial charge on any atom is -0.455 e. The van der Waals surface area contributed by atoms with Gasteiger partial charge in [-0.3, -0.25) is 9.59 Å². The molecule has 53 heavy (non-hydrogen) atoms. The number of ketones is 1. The largest absolute Gasteiger partial charge is 0.455 e. The number of carbonyl (C=O) groups excluding carboxylic acids is 4. The summed E-state index contributed by atoms with van der Waals surface area (Å²) in [5, 5.41) is 25.2. The number of hydrogen-bond donors (Lipinski definition) is 2. The number of aliphatic hydroxyl groups excluding tert-OH is 1. The summed E-state index contributed by atoms with van der Waals surface area (Å²) in [6.45, 7) is 18.4. The molecule has 0 unspecified atom stereocenters. The Morgan fingerprint density at radius 3 is 2.09 bits per heavy atom. The molecule has 5 rings (SSSR count). The average Bonchev–Trinajstić information content (AvgIpc) is 3.12. The fourth-order valence-corrected chi connectivity index (χ4v) is 12.8. The number of amides is 1. The molecule has 3 aliphatic carbocycles. The van der Waals surface area contributed by atoms with Crippen LogP contribution in [0.5, 0.6) is 0 Å². The Morgan fingerprint density at radius 1 is 0.981 bits per heavy atom. The van der Waals surface area contributed by atoms with E-state index in [9.17, 15) is 24.6 Å². The number of ether oxygens (including phenoxy) is 4. The van der Waals surface area contributed by atoms with Gasteiger partial charge in [-0.05, 0) is 69.1 Å². The van der Waals surface area contributed by atoms with E-state index in [1.807, 2.05) is 0 Å². The molecule has 3 fully saturated rings. The van der Waals surface area contributed by atoms with Crippen LogP contribution in [0.25, 0.3) is 0 Å². The molecular formula is C40H59NO11Si. The van der Waals surface area contributed by atoms with E-state index in [1.165, 1.54) is 11.8 Å². The normalized spacial score (nSPS) is 34.8. The molecular weight excluding hydrogens is 699 g/mol. The van der Waals surface area contributed by atoms with Gasteiger partial charge in [0.1, 0.15) is 17.8 Å². The van der Waals surface area contributed by atoms with Crippen LogP contribution in [0.1, 0.15) is 92.4 Å². The topological polar surface area (TPSA) is 158 Å². The Hall–Kier alpha value is -3.10. The van der Waals surface area contributed by atoms with E-state index in [0.29, 0.717) is 18.7 Å².